The maximum Gasteiger partial charge on any atom is 0.255 e. The van der Waals surface area contributed by atoms with Crippen LogP contribution in [-0.2, 0) is 10.0 Å². The largest absolute Gasteiger partial charge is 0.322 e. The van der Waals surface area contributed by atoms with Crippen LogP contribution in [0, 0.1) is 5.82 Å². The number of carbonyl (C=O) groups is 1. The second-order valence-electron chi connectivity index (χ2n) is 6.80. The summed E-state index contributed by atoms with van der Waals surface area (Å²) in [5.74, 6) is -0.674. The summed E-state index contributed by atoms with van der Waals surface area (Å²) in [5.41, 5.74) is 2.46. The first-order valence-corrected chi connectivity index (χ1v) is 11.2. The number of nitrogens with zero attached hydrogens (tertiary/aromatic N) is 2. The fourth-order valence-electron chi connectivity index (χ4n) is 3.25. The maximum atomic E-state index is 13.1. The van der Waals surface area contributed by atoms with E-state index in [0.29, 0.717) is 46.2 Å². The quantitative estimate of drug-likeness (QED) is 0.648. The Hall–Kier alpha value is -2.97. The van der Waals surface area contributed by atoms with Crippen molar-refractivity contribution >= 4 is 38.9 Å². The van der Waals surface area contributed by atoms with Crippen LogP contribution in [0.5, 0.6) is 0 Å². The molecule has 0 bridgehead atoms. The monoisotopic (exact) mass is 445 g/mol. The first-order chi connectivity index (χ1) is 14.3. The topological polar surface area (TPSA) is 79.4 Å². The predicted molar refractivity (Wildman–Crippen MR) is 115 cm³/mol. The Balaban J connectivity index is 1.53. The van der Waals surface area contributed by atoms with Gasteiger partial charge in [0, 0.05) is 23.4 Å². The average Bonchev–Trinajstić information content (AvgIpc) is 3.09. The molecule has 0 radical (unpaired) electrons. The summed E-state index contributed by atoms with van der Waals surface area (Å²) in [5, 5.41) is 3.20. The van der Waals surface area contributed by atoms with Gasteiger partial charge in [0.25, 0.3) is 5.91 Å². The number of halogens is 2. The minimum absolute atomic E-state index is 0.136. The molecule has 3 aromatic rings. The fourth-order valence-corrected chi connectivity index (χ4v) is 5.03. The molecule has 1 amide bonds. The summed E-state index contributed by atoms with van der Waals surface area (Å²) in [6.45, 7) is 0.443. The molecule has 1 N–H and O–H groups in total. The number of amides is 1. The molecular formula is C21H17ClFN3O3S. The maximum absolute atomic E-state index is 13.1. The van der Waals surface area contributed by atoms with Gasteiger partial charge in [0.05, 0.1) is 28.4 Å². The van der Waals surface area contributed by atoms with Crippen molar-refractivity contribution in [2.45, 2.75) is 6.42 Å². The lowest BCUT2D eigenvalue weighted by Crippen LogP contribution is -2.25. The van der Waals surface area contributed by atoms with Crippen LogP contribution in [0.1, 0.15) is 16.8 Å². The Morgan fingerprint density at radius 2 is 1.87 bits per heavy atom. The number of pyridine rings is 1. The van der Waals surface area contributed by atoms with Crippen LogP contribution in [0.4, 0.5) is 15.8 Å². The van der Waals surface area contributed by atoms with Crippen LogP contribution in [0.3, 0.4) is 0 Å². The minimum atomic E-state index is -3.27. The van der Waals surface area contributed by atoms with E-state index in [1.165, 1.54) is 16.4 Å². The van der Waals surface area contributed by atoms with Crippen molar-refractivity contribution in [2.75, 3.05) is 21.9 Å². The molecule has 1 saturated heterocycles. The number of sulfonamides is 1. The number of carbonyl (C=O) groups excluding carboxylic acids is 1. The molecule has 30 heavy (non-hydrogen) atoms. The molecular weight excluding hydrogens is 429 g/mol. The number of hydrogen-bond acceptors (Lipinski definition) is 4. The molecule has 2 aromatic carbocycles. The molecule has 0 saturated carbocycles. The molecule has 1 aliphatic rings. The van der Waals surface area contributed by atoms with Crippen molar-refractivity contribution in [1.29, 1.82) is 0 Å². The third-order valence-electron chi connectivity index (χ3n) is 4.74. The van der Waals surface area contributed by atoms with Gasteiger partial charge in [-0.3, -0.25) is 14.1 Å². The number of nitrogens with one attached hydrogen (secondary N) is 1. The average molecular weight is 446 g/mol. The summed E-state index contributed by atoms with van der Waals surface area (Å²) in [4.78, 5) is 16.6. The van der Waals surface area contributed by atoms with Gasteiger partial charge in [0.1, 0.15) is 5.82 Å². The van der Waals surface area contributed by atoms with Crippen molar-refractivity contribution in [2.24, 2.45) is 0 Å². The molecule has 4 rings (SSSR count). The molecule has 6 nitrogen and oxygen atoms in total. The Kier molecular flexibility index (Phi) is 5.44. The molecule has 0 aliphatic carbocycles. The zero-order chi connectivity index (χ0) is 21.3. The van der Waals surface area contributed by atoms with Gasteiger partial charge in [-0.2, -0.15) is 0 Å². The first-order valence-electron chi connectivity index (χ1n) is 9.17. The molecule has 0 atom stereocenters. The Morgan fingerprint density at radius 3 is 2.50 bits per heavy atom. The van der Waals surface area contributed by atoms with Crippen molar-refractivity contribution in [3.63, 3.8) is 0 Å². The van der Waals surface area contributed by atoms with E-state index < -0.39 is 15.8 Å². The molecule has 154 valence electrons. The van der Waals surface area contributed by atoms with Crippen LogP contribution >= 0.6 is 11.6 Å². The van der Waals surface area contributed by atoms with Crippen LogP contribution in [0.25, 0.3) is 11.3 Å². The van der Waals surface area contributed by atoms with Crippen molar-refractivity contribution in [3.8, 4) is 11.3 Å². The van der Waals surface area contributed by atoms with Crippen LogP contribution in [0.2, 0.25) is 5.02 Å². The van der Waals surface area contributed by atoms with E-state index in [0.717, 1.165) is 6.20 Å². The molecule has 0 unspecified atom stereocenters. The molecule has 9 heteroatoms. The third-order valence-corrected chi connectivity index (χ3v) is 6.94. The van der Waals surface area contributed by atoms with Gasteiger partial charge in [-0.05, 0) is 61.0 Å². The Morgan fingerprint density at radius 1 is 1.10 bits per heavy atom. The first kappa shape index (κ1) is 20.3. The van der Waals surface area contributed by atoms with Gasteiger partial charge < -0.3 is 5.32 Å². The van der Waals surface area contributed by atoms with E-state index in [9.17, 15) is 17.6 Å². The standard InChI is InChI=1S/C21H17ClFN3O3S/c22-19-8-5-16(12-18(19)20-9-4-15(23)13-24-20)25-21(27)14-2-6-17(7-3-14)26-10-1-11-30(26,28)29/h2-9,12-13H,1,10-11H2,(H,25,27). The highest BCUT2D eigenvalue weighted by Gasteiger charge is 2.28. The number of benzene rings is 2. The van der Waals surface area contributed by atoms with Crippen LogP contribution < -0.4 is 9.62 Å². The number of aromatic nitrogens is 1. The van der Waals surface area contributed by atoms with Crippen LogP contribution in [-0.4, -0.2) is 31.6 Å². The van der Waals surface area contributed by atoms with Crippen molar-refractivity contribution in [3.05, 3.63) is 77.2 Å². The van der Waals surface area contributed by atoms with E-state index in [1.807, 2.05) is 0 Å². The minimum Gasteiger partial charge on any atom is -0.322 e. The van der Waals surface area contributed by atoms with E-state index in [-0.39, 0.29) is 11.7 Å². The second-order valence-corrected chi connectivity index (χ2v) is 9.22. The third kappa shape index (κ3) is 4.15. The SMILES string of the molecule is O=C(Nc1ccc(Cl)c(-c2ccc(F)cn2)c1)c1ccc(N2CCCS2(=O)=O)cc1. The van der Waals surface area contributed by atoms with E-state index >= 15 is 0 Å². The predicted octanol–water partition coefficient (Wildman–Crippen LogP) is 4.33. The highest BCUT2D eigenvalue weighted by Crippen LogP contribution is 2.30. The van der Waals surface area contributed by atoms with Crippen molar-refractivity contribution in [1.82, 2.24) is 4.98 Å². The van der Waals surface area contributed by atoms with Gasteiger partial charge in [-0.25, -0.2) is 12.8 Å². The zero-order valence-electron chi connectivity index (χ0n) is 15.7. The number of anilines is 2. The van der Waals surface area contributed by atoms with E-state index in [2.05, 4.69) is 10.3 Å². The van der Waals surface area contributed by atoms with Crippen LogP contribution in [0.15, 0.2) is 60.8 Å². The lowest BCUT2D eigenvalue weighted by molar-refractivity contribution is 0.102. The molecule has 1 aliphatic heterocycles. The van der Waals surface area contributed by atoms with E-state index in [4.69, 9.17) is 11.6 Å². The molecule has 1 aromatic heterocycles. The Labute approximate surface area is 178 Å². The Bertz CT molecular complexity index is 1200. The van der Waals surface area contributed by atoms with Crippen molar-refractivity contribution < 1.29 is 17.6 Å². The fraction of sp³-hybridized carbons (Fsp3) is 0.143. The van der Waals surface area contributed by atoms with Gasteiger partial charge in [-0.15, -0.1) is 0 Å². The molecule has 0 spiro atoms. The van der Waals surface area contributed by atoms with Gasteiger partial charge in [0.15, 0.2) is 0 Å². The highest BCUT2D eigenvalue weighted by molar-refractivity contribution is 7.93. The molecule has 1 fully saturated rings. The van der Waals surface area contributed by atoms with E-state index in [1.54, 1.807) is 42.5 Å². The van der Waals surface area contributed by atoms with Gasteiger partial charge >= 0.3 is 0 Å². The summed E-state index contributed by atoms with van der Waals surface area (Å²) >= 11 is 6.23. The highest BCUT2D eigenvalue weighted by atomic mass is 35.5. The number of hydrogen-bond donors (Lipinski definition) is 1. The van der Waals surface area contributed by atoms with Gasteiger partial charge in [0.2, 0.25) is 10.0 Å². The van der Waals surface area contributed by atoms with Gasteiger partial charge in [-0.1, -0.05) is 11.6 Å². The normalized spacial score (nSPS) is 15.2. The second kappa shape index (κ2) is 8.04. The summed E-state index contributed by atoms with van der Waals surface area (Å²) in [7, 11) is -3.27. The lowest BCUT2D eigenvalue weighted by atomic mass is 10.1. The summed E-state index contributed by atoms with van der Waals surface area (Å²) in [6.07, 6.45) is 1.69. The summed E-state index contributed by atoms with van der Waals surface area (Å²) in [6, 6.07) is 14.1. The summed E-state index contributed by atoms with van der Waals surface area (Å²) < 4.78 is 38.5. The lowest BCUT2D eigenvalue weighted by Gasteiger charge is -2.17. The zero-order valence-corrected chi connectivity index (χ0v) is 17.3. The smallest absolute Gasteiger partial charge is 0.255 e. The molecule has 2 heterocycles. The number of rotatable bonds is 4.